The molecule has 0 amide bonds. The molecule has 0 saturated carbocycles. The number of ether oxygens (including phenoxy) is 2. The number of carbonyl (C=O) groups is 2. The Morgan fingerprint density at radius 1 is 0.875 bits per heavy atom. The van der Waals surface area contributed by atoms with Crippen LogP contribution in [-0.4, -0.2) is 45.8 Å². The Kier molecular flexibility index (Phi) is 10.9. The smallest absolute Gasteiger partial charge is 0.186 e. The number of carbonyl (C=O) groups excluding carboxylic acids is 2. The minimum Gasteiger partial charge on any atom is -0.497 e. The van der Waals surface area contributed by atoms with Crippen molar-refractivity contribution in [2.45, 2.75) is 73.8 Å². The zero-order valence-electron chi connectivity index (χ0n) is 25.2. The molecule has 4 rings (SSSR count). The number of ketones is 2. The number of Topliss-reactive ketones (excluding diaryl/α,β-unsaturated/α-hetero) is 2. The van der Waals surface area contributed by atoms with Crippen LogP contribution in [0.3, 0.4) is 0 Å². The topological polar surface area (TPSA) is 99.1 Å². The van der Waals surface area contributed by atoms with Crippen LogP contribution < -0.4 is 9.47 Å². The van der Waals surface area contributed by atoms with Crippen LogP contribution in [0.4, 0.5) is 0 Å². The van der Waals surface area contributed by atoms with Crippen molar-refractivity contribution in [2.75, 3.05) is 14.2 Å². The van der Waals surface area contributed by atoms with Crippen molar-refractivity contribution in [3.63, 3.8) is 0 Å². The second-order valence-electron chi connectivity index (χ2n) is 10.9. The molecule has 40 heavy (non-hydrogen) atoms. The average molecular weight is 549 g/mol. The van der Waals surface area contributed by atoms with Crippen LogP contribution in [0.5, 0.6) is 11.5 Å². The van der Waals surface area contributed by atoms with Crippen molar-refractivity contribution in [3.8, 4) is 11.5 Å². The largest absolute Gasteiger partial charge is 0.497 e. The highest BCUT2D eigenvalue weighted by Gasteiger charge is 2.21. The Bertz CT molecular complexity index is 1430. The van der Waals surface area contributed by atoms with E-state index in [0.717, 1.165) is 46.3 Å². The highest BCUT2D eigenvalue weighted by atomic mass is 16.5. The zero-order valence-corrected chi connectivity index (χ0v) is 25.2. The summed E-state index contributed by atoms with van der Waals surface area (Å²) >= 11 is 0. The van der Waals surface area contributed by atoms with Crippen molar-refractivity contribution in [1.82, 2.24) is 20.0 Å². The predicted octanol–water partition coefficient (Wildman–Crippen LogP) is 7.51. The van der Waals surface area contributed by atoms with Crippen LogP contribution in [0.2, 0.25) is 0 Å². The van der Waals surface area contributed by atoms with Crippen molar-refractivity contribution in [2.24, 2.45) is 17.8 Å². The normalized spacial score (nSPS) is 12.1. The quantitative estimate of drug-likeness (QED) is 0.184. The fraction of sp³-hybridized carbons (Fsp3) is 0.500. The van der Waals surface area contributed by atoms with Gasteiger partial charge >= 0.3 is 0 Å². The van der Waals surface area contributed by atoms with E-state index in [9.17, 15) is 9.59 Å². The van der Waals surface area contributed by atoms with E-state index in [1.165, 1.54) is 19.3 Å². The highest BCUT2D eigenvalue weighted by molar-refractivity contribution is 6.07. The summed E-state index contributed by atoms with van der Waals surface area (Å²) in [6.07, 6.45) is 4.77. The number of unbranched alkanes of at least 4 members (excludes halogenated alkanes) is 1. The first-order valence-corrected chi connectivity index (χ1v) is 14.3. The number of hydrogen-bond donors (Lipinski definition) is 1. The maximum Gasteiger partial charge on any atom is 0.186 e. The monoisotopic (exact) mass is 548 g/mol. The lowest BCUT2D eigenvalue weighted by atomic mass is 9.99. The van der Waals surface area contributed by atoms with E-state index in [1.807, 2.05) is 68.8 Å². The Hall–Kier alpha value is -3.68. The molecule has 2 aromatic heterocycles. The molecule has 2 aromatic carbocycles. The summed E-state index contributed by atoms with van der Waals surface area (Å²) < 4.78 is 12.5. The Balaban J connectivity index is 0.000000238. The summed E-state index contributed by atoms with van der Waals surface area (Å²) in [6.45, 7) is 12.9. The minimum absolute atomic E-state index is 0.0476. The van der Waals surface area contributed by atoms with E-state index in [4.69, 9.17) is 14.6 Å². The Morgan fingerprint density at radius 3 is 2.05 bits per heavy atom. The molecule has 1 N–H and O–H groups in total. The lowest BCUT2D eigenvalue weighted by Crippen LogP contribution is -2.13. The highest BCUT2D eigenvalue weighted by Crippen LogP contribution is 2.27. The maximum absolute atomic E-state index is 12.5. The molecule has 0 aliphatic carbocycles. The van der Waals surface area contributed by atoms with Gasteiger partial charge in [-0.1, -0.05) is 60.8 Å². The SMILES string of the molecule is CCCCC(CC)Cn1nc(C(=O)C(C)C)c2ccc(OC)cc21.COc1ccc2c(C(=O)C(C)C)n[nH]c2c1. The molecule has 0 aliphatic heterocycles. The summed E-state index contributed by atoms with van der Waals surface area (Å²) in [5.41, 5.74) is 2.91. The predicted molar refractivity (Wildman–Crippen MR) is 161 cm³/mol. The lowest BCUT2D eigenvalue weighted by molar-refractivity contribution is 0.0928. The van der Waals surface area contributed by atoms with Crippen LogP contribution in [-0.2, 0) is 6.54 Å². The molecule has 1 unspecified atom stereocenters. The molecule has 2 heterocycles. The lowest BCUT2D eigenvalue weighted by Gasteiger charge is -2.15. The molecule has 8 nitrogen and oxygen atoms in total. The van der Waals surface area contributed by atoms with Gasteiger partial charge in [0.25, 0.3) is 0 Å². The number of fused-ring (bicyclic) bond motifs is 2. The minimum atomic E-state index is -0.0549. The van der Waals surface area contributed by atoms with Crippen LogP contribution in [0.15, 0.2) is 36.4 Å². The molecule has 1 atom stereocenters. The number of rotatable bonds is 12. The van der Waals surface area contributed by atoms with Gasteiger partial charge in [0.15, 0.2) is 11.6 Å². The van der Waals surface area contributed by atoms with Gasteiger partial charge in [0.2, 0.25) is 0 Å². The third kappa shape index (κ3) is 7.09. The van der Waals surface area contributed by atoms with Crippen molar-refractivity contribution in [3.05, 3.63) is 47.8 Å². The second kappa shape index (κ2) is 14.1. The Morgan fingerprint density at radius 2 is 1.48 bits per heavy atom. The van der Waals surface area contributed by atoms with Gasteiger partial charge in [0, 0.05) is 41.3 Å². The number of aromatic nitrogens is 4. The molecule has 0 saturated heterocycles. The first-order valence-electron chi connectivity index (χ1n) is 14.3. The fourth-order valence-corrected chi connectivity index (χ4v) is 4.62. The molecule has 0 fully saturated rings. The third-order valence-corrected chi connectivity index (χ3v) is 7.22. The van der Waals surface area contributed by atoms with E-state index < -0.39 is 0 Å². The van der Waals surface area contributed by atoms with Crippen LogP contribution in [0, 0.1) is 17.8 Å². The zero-order chi connectivity index (χ0) is 29.4. The molecule has 0 radical (unpaired) electrons. The number of H-pyrrole nitrogens is 1. The van der Waals surface area contributed by atoms with Gasteiger partial charge in [-0.3, -0.25) is 19.4 Å². The standard InChI is InChI=1S/C20H30N2O2.C12H14N2O2/c1-6-8-9-15(7-2)13-22-18-12-16(24-5)10-11-17(18)19(21-22)20(23)14(3)4;1-7(2)12(15)11-9-5-4-8(16-3)6-10(9)13-14-11/h10-12,14-15H,6-9,13H2,1-5H3;4-7H,1-3H3,(H,13,14). The third-order valence-electron chi connectivity index (χ3n) is 7.22. The van der Waals surface area contributed by atoms with Gasteiger partial charge in [0.05, 0.1) is 25.3 Å². The van der Waals surface area contributed by atoms with Gasteiger partial charge in [-0.2, -0.15) is 10.2 Å². The molecule has 4 aromatic rings. The number of aromatic amines is 1. The number of nitrogens with zero attached hydrogens (tertiary/aromatic N) is 3. The number of methoxy groups -OCH3 is 2. The molecule has 0 spiro atoms. The van der Waals surface area contributed by atoms with Gasteiger partial charge in [0.1, 0.15) is 22.9 Å². The summed E-state index contributed by atoms with van der Waals surface area (Å²) in [5, 5.41) is 13.4. The summed E-state index contributed by atoms with van der Waals surface area (Å²) in [7, 11) is 3.27. The van der Waals surface area contributed by atoms with Gasteiger partial charge < -0.3 is 9.47 Å². The van der Waals surface area contributed by atoms with E-state index in [2.05, 4.69) is 24.0 Å². The van der Waals surface area contributed by atoms with E-state index in [0.29, 0.717) is 17.3 Å². The Labute approximate surface area is 237 Å². The van der Waals surface area contributed by atoms with Gasteiger partial charge in [-0.25, -0.2) is 0 Å². The van der Waals surface area contributed by atoms with E-state index >= 15 is 0 Å². The van der Waals surface area contributed by atoms with Crippen LogP contribution in [0.1, 0.15) is 88.2 Å². The fourth-order valence-electron chi connectivity index (χ4n) is 4.62. The van der Waals surface area contributed by atoms with E-state index in [-0.39, 0.29) is 23.4 Å². The van der Waals surface area contributed by atoms with Crippen molar-refractivity contribution in [1.29, 1.82) is 0 Å². The van der Waals surface area contributed by atoms with E-state index in [1.54, 1.807) is 14.2 Å². The first kappa shape index (κ1) is 30.9. The molecular formula is C32H44N4O4. The van der Waals surface area contributed by atoms with Gasteiger partial charge in [-0.05, 0) is 36.6 Å². The second-order valence-corrected chi connectivity index (χ2v) is 10.9. The maximum atomic E-state index is 12.5. The summed E-state index contributed by atoms with van der Waals surface area (Å²) in [6, 6.07) is 11.4. The average Bonchev–Trinajstić information content (AvgIpc) is 3.55. The van der Waals surface area contributed by atoms with Crippen LogP contribution >= 0.6 is 0 Å². The number of hydrogen-bond acceptors (Lipinski definition) is 6. The number of benzene rings is 2. The molecule has 8 heteroatoms. The number of nitrogens with one attached hydrogen (secondary N) is 1. The molecule has 0 bridgehead atoms. The molecule has 0 aliphatic rings. The van der Waals surface area contributed by atoms with Crippen molar-refractivity contribution >= 4 is 33.4 Å². The summed E-state index contributed by atoms with van der Waals surface area (Å²) in [4.78, 5) is 24.4. The van der Waals surface area contributed by atoms with Crippen molar-refractivity contribution < 1.29 is 19.1 Å². The molecule has 216 valence electrons. The first-order chi connectivity index (χ1) is 19.1. The van der Waals surface area contributed by atoms with Crippen LogP contribution in [0.25, 0.3) is 21.8 Å². The summed E-state index contributed by atoms with van der Waals surface area (Å²) in [5.74, 6) is 2.19. The molecular weight excluding hydrogens is 504 g/mol. The van der Waals surface area contributed by atoms with Gasteiger partial charge in [-0.15, -0.1) is 0 Å².